The van der Waals surface area contributed by atoms with E-state index in [0.29, 0.717) is 22.0 Å². The molecule has 10 nitrogen and oxygen atoms in total. The molecule has 1 saturated heterocycles. The summed E-state index contributed by atoms with van der Waals surface area (Å²) >= 11 is 6.23. The van der Waals surface area contributed by atoms with E-state index in [2.05, 4.69) is 10.6 Å². The van der Waals surface area contributed by atoms with Crippen molar-refractivity contribution in [3.63, 3.8) is 0 Å². The summed E-state index contributed by atoms with van der Waals surface area (Å²) in [6, 6.07) is 8.44. The summed E-state index contributed by atoms with van der Waals surface area (Å²) < 4.78 is 10.7. The van der Waals surface area contributed by atoms with Gasteiger partial charge in [0.2, 0.25) is 5.91 Å². The number of rotatable bonds is 10. The van der Waals surface area contributed by atoms with E-state index in [4.69, 9.17) is 26.2 Å². The Bertz CT molecular complexity index is 1080. The molecule has 4 amide bonds. The molecule has 3 rings (SSSR count). The number of halogens is 1. The summed E-state index contributed by atoms with van der Waals surface area (Å²) in [5.41, 5.74) is 1.74. The first-order valence-electron chi connectivity index (χ1n) is 11.9. The number of methoxy groups -OCH3 is 1. The molecule has 2 aromatic rings. The summed E-state index contributed by atoms with van der Waals surface area (Å²) in [4.78, 5) is 40.2. The fourth-order valence-corrected chi connectivity index (χ4v) is 3.86. The highest BCUT2D eigenvalue weighted by molar-refractivity contribution is 6.33. The third-order valence-corrected chi connectivity index (χ3v) is 5.90. The van der Waals surface area contributed by atoms with Gasteiger partial charge < -0.3 is 30.3 Å². The van der Waals surface area contributed by atoms with E-state index in [1.807, 2.05) is 20.8 Å². The van der Waals surface area contributed by atoms with E-state index in [1.54, 1.807) is 49.4 Å². The van der Waals surface area contributed by atoms with Gasteiger partial charge in [-0.3, -0.25) is 9.59 Å². The fourth-order valence-electron chi connectivity index (χ4n) is 3.58. The Hall–Kier alpha value is -3.18. The Kier molecular flexibility index (Phi) is 11.3. The van der Waals surface area contributed by atoms with Gasteiger partial charge in [0, 0.05) is 7.11 Å². The van der Waals surface area contributed by atoms with Gasteiger partial charge in [-0.2, -0.15) is 0 Å². The molecule has 1 fully saturated rings. The van der Waals surface area contributed by atoms with Crippen LogP contribution in [0.4, 0.5) is 10.5 Å². The predicted molar refractivity (Wildman–Crippen MR) is 140 cm³/mol. The maximum atomic E-state index is 13.3. The molecular weight excluding hydrogens is 502 g/mol. The van der Waals surface area contributed by atoms with Crippen LogP contribution in [0, 0.1) is 6.92 Å². The van der Waals surface area contributed by atoms with Crippen molar-refractivity contribution >= 4 is 35.1 Å². The van der Waals surface area contributed by atoms with Crippen LogP contribution in [0.25, 0.3) is 0 Å². The normalized spacial score (nSPS) is 17.3. The van der Waals surface area contributed by atoms with Crippen molar-refractivity contribution in [1.29, 1.82) is 0 Å². The molecule has 1 heterocycles. The monoisotopic (exact) mass is 535 g/mol. The Morgan fingerprint density at radius 3 is 2.41 bits per heavy atom. The third-order valence-electron chi connectivity index (χ3n) is 5.58. The van der Waals surface area contributed by atoms with Gasteiger partial charge >= 0.3 is 6.03 Å². The highest BCUT2D eigenvalue weighted by Crippen LogP contribution is 2.28. The van der Waals surface area contributed by atoms with Crippen molar-refractivity contribution in [3.8, 4) is 5.75 Å². The number of aliphatic hydroxyl groups excluding tert-OH is 2. The zero-order valence-corrected chi connectivity index (χ0v) is 22.3. The van der Waals surface area contributed by atoms with Crippen molar-refractivity contribution in [2.75, 3.05) is 25.6 Å². The van der Waals surface area contributed by atoms with Crippen LogP contribution >= 0.6 is 11.6 Å². The number of imide groups is 1. The van der Waals surface area contributed by atoms with Gasteiger partial charge in [-0.05, 0) is 49.2 Å². The summed E-state index contributed by atoms with van der Waals surface area (Å²) in [5, 5.41) is 23.9. The molecule has 2 unspecified atom stereocenters. The molecule has 0 aliphatic carbocycles. The lowest BCUT2D eigenvalue weighted by molar-refractivity contribution is -0.137. The Balaban J connectivity index is 0.00000235. The van der Waals surface area contributed by atoms with Crippen molar-refractivity contribution in [1.82, 2.24) is 10.2 Å². The van der Waals surface area contributed by atoms with Crippen molar-refractivity contribution in [2.45, 2.75) is 52.0 Å². The Labute approximate surface area is 221 Å². The molecule has 4 atom stereocenters. The van der Waals surface area contributed by atoms with E-state index in [1.165, 1.54) is 7.11 Å². The van der Waals surface area contributed by atoms with Gasteiger partial charge in [0.25, 0.3) is 5.91 Å². The molecule has 11 heteroatoms. The standard InChI is InChI=1S/C24H28ClN3O7.C2H6/c1-13-4-9-19(18(25)10-13)26-22(31)21(14(2)34-3)28-23(32)20(27-24(28)33)15-5-7-17(8-6-15)35-12-16(30)11-29;1-2/h4-10,14,16,20-21,29-30H,11-12H2,1-3H3,(H,26,31)(H,27,33);1-2H3/t14?,16?,20-,21+;/m1./s1. The molecule has 1 aliphatic rings. The number of nitrogens with zero attached hydrogens (tertiary/aromatic N) is 1. The zero-order valence-electron chi connectivity index (χ0n) is 21.5. The number of benzene rings is 2. The lowest BCUT2D eigenvalue weighted by atomic mass is 10.0. The number of amides is 4. The number of hydrogen-bond donors (Lipinski definition) is 4. The predicted octanol–water partition coefficient (Wildman–Crippen LogP) is 3.04. The Morgan fingerprint density at radius 1 is 1.19 bits per heavy atom. The molecule has 0 radical (unpaired) electrons. The van der Waals surface area contributed by atoms with Gasteiger partial charge in [-0.25, -0.2) is 9.69 Å². The molecule has 37 heavy (non-hydrogen) atoms. The number of ether oxygens (including phenoxy) is 2. The Morgan fingerprint density at radius 2 is 1.84 bits per heavy atom. The van der Waals surface area contributed by atoms with E-state index in [0.717, 1.165) is 10.5 Å². The van der Waals surface area contributed by atoms with Crippen LogP contribution in [-0.4, -0.2) is 71.5 Å². The van der Waals surface area contributed by atoms with Crippen LogP contribution in [0.1, 0.15) is 37.9 Å². The molecule has 0 spiro atoms. The number of carbonyl (C=O) groups is 3. The fraction of sp³-hybridized carbons (Fsp3) is 0.423. The quantitative estimate of drug-likeness (QED) is 0.343. The lowest BCUT2D eigenvalue weighted by Gasteiger charge is -2.28. The van der Waals surface area contributed by atoms with E-state index in [-0.39, 0.29) is 6.61 Å². The van der Waals surface area contributed by atoms with Crippen LogP contribution in [0.2, 0.25) is 5.02 Å². The smallest absolute Gasteiger partial charge is 0.325 e. The first kappa shape index (κ1) is 30.0. The maximum absolute atomic E-state index is 13.3. The lowest BCUT2D eigenvalue weighted by Crippen LogP contribution is -2.53. The highest BCUT2D eigenvalue weighted by atomic mass is 35.5. The second-order valence-corrected chi connectivity index (χ2v) is 8.57. The van der Waals surface area contributed by atoms with Gasteiger partial charge in [-0.1, -0.05) is 43.6 Å². The second kappa shape index (κ2) is 13.9. The van der Waals surface area contributed by atoms with Crippen molar-refractivity contribution < 1.29 is 34.1 Å². The summed E-state index contributed by atoms with van der Waals surface area (Å²) in [6.07, 6.45) is -1.82. The van der Waals surface area contributed by atoms with Gasteiger partial charge in [0.1, 0.15) is 30.5 Å². The topological polar surface area (TPSA) is 137 Å². The number of aryl methyl sites for hydroxylation is 1. The van der Waals surface area contributed by atoms with Crippen LogP contribution < -0.4 is 15.4 Å². The van der Waals surface area contributed by atoms with Crippen LogP contribution in [-0.2, 0) is 14.3 Å². The van der Waals surface area contributed by atoms with E-state index < -0.39 is 48.7 Å². The number of anilines is 1. The minimum Gasteiger partial charge on any atom is -0.491 e. The maximum Gasteiger partial charge on any atom is 0.325 e. The van der Waals surface area contributed by atoms with Gasteiger partial charge in [-0.15, -0.1) is 0 Å². The van der Waals surface area contributed by atoms with Crippen molar-refractivity contribution in [2.24, 2.45) is 0 Å². The zero-order chi connectivity index (χ0) is 27.7. The molecule has 0 aromatic heterocycles. The first-order chi connectivity index (χ1) is 17.7. The van der Waals surface area contributed by atoms with E-state index in [9.17, 15) is 19.5 Å². The van der Waals surface area contributed by atoms with Crippen LogP contribution in [0.3, 0.4) is 0 Å². The number of nitrogens with one attached hydrogen (secondary N) is 2. The first-order valence-corrected chi connectivity index (χ1v) is 12.3. The summed E-state index contributed by atoms with van der Waals surface area (Å²) in [5.74, 6) is -0.825. The van der Waals surface area contributed by atoms with E-state index >= 15 is 0 Å². The third kappa shape index (κ3) is 7.42. The minimum absolute atomic E-state index is 0.0978. The molecule has 2 aromatic carbocycles. The van der Waals surface area contributed by atoms with Crippen molar-refractivity contribution in [3.05, 3.63) is 58.6 Å². The number of carbonyl (C=O) groups excluding carboxylic acids is 3. The molecule has 0 saturated carbocycles. The highest BCUT2D eigenvalue weighted by Gasteiger charge is 2.47. The van der Waals surface area contributed by atoms with Crippen LogP contribution in [0.15, 0.2) is 42.5 Å². The van der Waals surface area contributed by atoms with Gasteiger partial charge in [0.05, 0.1) is 23.4 Å². The molecule has 1 aliphatic heterocycles. The summed E-state index contributed by atoms with van der Waals surface area (Å²) in [6.45, 7) is 6.92. The minimum atomic E-state index is -1.25. The molecular formula is C26H34ClN3O7. The summed E-state index contributed by atoms with van der Waals surface area (Å²) in [7, 11) is 1.38. The largest absolute Gasteiger partial charge is 0.491 e. The van der Waals surface area contributed by atoms with Crippen LogP contribution in [0.5, 0.6) is 5.75 Å². The average molecular weight is 536 g/mol. The molecule has 0 bridgehead atoms. The average Bonchev–Trinajstić information content (AvgIpc) is 3.19. The second-order valence-electron chi connectivity index (χ2n) is 8.17. The number of urea groups is 1. The number of hydrogen-bond acceptors (Lipinski definition) is 7. The van der Waals surface area contributed by atoms with Gasteiger partial charge in [0.15, 0.2) is 0 Å². The SMILES string of the molecule is CC.COC(C)[C@@H](C(=O)Nc1ccc(C)cc1Cl)N1C(=O)N[C@H](c2ccc(OCC(O)CO)cc2)C1=O. The molecule has 4 N–H and O–H groups in total. The number of aliphatic hydroxyl groups is 2. The molecule has 202 valence electrons.